The van der Waals surface area contributed by atoms with E-state index in [1.807, 2.05) is 26.2 Å². The zero-order chi connectivity index (χ0) is 9.84. The van der Waals surface area contributed by atoms with Gasteiger partial charge in [-0.1, -0.05) is 0 Å². The topological polar surface area (TPSA) is 29.5 Å². The molecule has 0 heterocycles. The molecule has 1 aromatic rings. The van der Waals surface area contributed by atoms with Crippen molar-refractivity contribution in [3.05, 3.63) is 18.2 Å². The maximum atomic E-state index is 9.34. The molecule has 0 amide bonds. The third-order valence-electron chi connectivity index (χ3n) is 1.47. The van der Waals surface area contributed by atoms with Crippen molar-refractivity contribution >= 4 is 11.8 Å². The van der Waals surface area contributed by atoms with E-state index < -0.39 is 0 Å². The van der Waals surface area contributed by atoms with Crippen LogP contribution in [0.5, 0.6) is 11.5 Å². The first-order valence-corrected chi connectivity index (χ1v) is 5.39. The van der Waals surface area contributed by atoms with Gasteiger partial charge >= 0.3 is 0 Å². The molecule has 1 rings (SSSR count). The molecule has 3 heteroatoms. The smallest absolute Gasteiger partial charge is 0.124 e. The standard InChI is InChI=1S/C10H14O2S/c1-7(2)12-9-4-8(11)5-10(6-9)13-3/h4-7,11H,1-3H3. The Morgan fingerprint density at radius 3 is 2.54 bits per heavy atom. The van der Waals surface area contributed by atoms with Crippen LogP contribution in [0.1, 0.15) is 13.8 Å². The summed E-state index contributed by atoms with van der Waals surface area (Å²) in [6.07, 6.45) is 2.10. The van der Waals surface area contributed by atoms with E-state index in [1.54, 1.807) is 23.9 Å². The highest BCUT2D eigenvalue weighted by Gasteiger charge is 2.01. The number of benzene rings is 1. The highest BCUT2D eigenvalue weighted by molar-refractivity contribution is 7.98. The van der Waals surface area contributed by atoms with Crippen LogP contribution in [0, 0.1) is 0 Å². The normalized spacial score (nSPS) is 10.5. The molecule has 0 saturated heterocycles. The van der Waals surface area contributed by atoms with Crippen LogP contribution >= 0.6 is 11.8 Å². The molecule has 0 atom stereocenters. The number of phenolic OH excluding ortho intramolecular Hbond substituents is 1. The number of aromatic hydroxyl groups is 1. The summed E-state index contributed by atoms with van der Waals surface area (Å²) in [6.45, 7) is 3.92. The van der Waals surface area contributed by atoms with Gasteiger partial charge in [0.15, 0.2) is 0 Å². The lowest BCUT2D eigenvalue weighted by Gasteiger charge is -2.10. The molecule has 2 nitrogen and oxygen atoms in total. The fraction of sp³-hybridized carbons (Fsp3) is 0.400. The van der Waals surface area contributed by atoms with Crippen LogP contribution in [0.25, 0.3) is 0 Å². The maximum absolute atomic E-state index is 9.34. The average Bonchev–Trinajstić information content (AvgIpc) is 2.01. The van der Waals surface area contributed by atoms with Crippen molar-refractivity contribution in [3.63, 3.8) is 0 Å². The minimum Gasteiger partial charge on any atom is -0.508 e. The predicted molar refractivity (Wildman–Crippen MR) is 55.7 cm³/mol. The second-order valence-electron chi connectivity index (χ2n) is 3.03. The van der Waals surface area contributed by atoms with Gasteiger partial charge in [-0.3, -0.25) is 0 Å². The summed E-state index contributed by atoms with van der Waals surface area (Å²) >= 11 is 1.58. The molecule has 0 fully saturated rings. The number of ether oxygens (including phenoxy) is 1. The molecule has 72 valence electrons. The van der Waals surface area contributed by atoms with Crippen LogP contribution in [0.3, 0.4) is 0 Å². The molecule has 0 bridgehead atoms. The van der Waals surface area contributed by atoms with Crippen LogP contribution in [0.2, 0.25) is 0 Å². The lowest BCUT2D eigenvalue weighted by molar-refractivity contribution is 0.241. The van der Waals surface area contributed by atoms with Crippen molar-refractivity contribution in [1.82, 2.24) is 0 Å². The summed E-state index contributed by atoms with van der Waals surface area (Å²) in [7, 11) is 0. The highest BCUT2D eigenvalue weighted by Crippen LogP contribution is 2.27. The third-order valence-corrected chi connectivity index (χ3v) is 2.18. The first-order valence-electron chi connectivity index (χ1n) is 4.16. The van der Waals surface area contributed by atoms with E-state index in [1.165, 1.54) is 0 Å². The van der Waals surface area contributed by atoms with Gasteiger partial charge in [-0.15, -0.1) is 11.8 Å². The number of rotatable bonds is 3. The van der Waals surface area contributed by atoms with E-state index in [0.29, 0.717) is 0 Å². The van der Waals surface area contributed by atoms with E-state index in [4.69, 9.17) is 4.74 Å². The van der Waals surface area contributed by atoms with Crippen LogP contribution in [-0.2, 0) is 0 Å². The Kier molecular flexibility index (Phi) is 3.48. The Morgan fingerprint density at radius 2 is 2.00 bits per heavy atom. The van der Waals surface area contributed by atoms with E-state index in [9.17, 15) is 5.11 Å². The molecule has 0 saturated carbocycles. The Balaban J connectivity index is 2.88. The van der Waals surface area contributed by atoms with E-state index in [-0.39, 0.29) is 11.9 Å². The van der Waals surface area contributed by atoms with Crippen molar-refractivity contribution in [1.29, 1.82) is 0 Å². The second-order valence-corrected chi connectivity index (χ2v) is 3.91. The first kappa shape index (κ1) is 10.3. The predicted octanol–water partition coefficient (Wildman–Crippen LogP) is 2.90. The summed E-state index contributed by atoms with van der Waals surface area (Å²) in [5.41, 5.74) is 0. The van der Waals surface area contributed by atoms with E-state index in [2.05, 4.69) is 0 Å². The first-order chi connectivity index (χ1) is 6.11. The Morgan fingerprint density at radius 1 is 1.31 bits per heavy atom. The zero-order valence-electron chi connectivity index (χ0n) is 8.07. The quantitative estimate of drug-likeness (QED) is 0.757. The fourth-order valence-electron chi connectivity index (χ4n) is 1.01. The minimum atomic E-state index is 0.136. The van der Waals surface area contributed by atoms with Gasteiger partial charge in [0, 0.05) is 11.0 Å². The largest absolute Gasteiger partial charge is 0.508 e. The monoisotopic (exact) mass is 198 g/mol. The third kappa shape index (κ3) is 3.19. The molecule has 1 N–H and O–H groups in total. The lowest BCUT2D eigenvalue weighted by atomic mass is 10.3. The second kappa shape index (κ2) is 4.42. The number of phenols is 1. The van der Waals surface area contributed by atoms with Gasteiger partial charge in [-0.25, -0.2) is 0 Å². The Labute approximate surface area is 82.9 Å². The van der Waals surface area contributed by atoms with Crippen molar-refractivity contribution in [3.8, 4) is 11.5 Å². The maximum Gasteiger partial charge on any atom is 0.124 e. The van der Waals surface area contributed by atoms with Crippen molar-refractivity contribution < 1.29 is 9.84 Å². The molecule has 0 aromatic heterocycles. The van der Waals surface area contributed by atoms with E-state index >= 15 is 0 Å². The fourth-order valence-corrected chi connectivity index (χ4v) is 1.49. The molecular weight excluding hydrogens is 184 g/mol. The van der Waals surface area contributed by atoms with Gasteiger partial charge in [0.25, 0.3) is 0 Å². The molecule has 13 heavy (non-hydrogen) atoms. The van der Waals surface area contributed by atoms with Crippen LogP contribution in [0.4, 0.5) is 0 Å². The average molecular weight is 198 g/mol. The Bertz CT molecular complexity index is 284. The van der Waals surface area contributed by atoms with Gasteiger partial charge in [0.1, 0.15) is 11.5 Å². The SMILES string of the molecule is CSc1cc(O)cc(OC(C)C)c1. The molecule has 0 aliphatic heterocycles. The number of thioether (sulfide) groups is 1. The minimum absolute atomic E-state index is 0.136. The zero-order valence-corrected chi connectivity index (χ0v) is 8.89. The van der Waals surface area contributed by atoms with Gasteiger partial charge in [-0.05, 0) is 32.2 Å². The summed E-state index contributed by atoms with van der Waals surface area (Å²) in [4.78, 5) is 1.01. The molecule has 0 aliphatic carbocycles. The molecular formula is C10H14O2S. The van der Waals surface area contributed by atoms with Gasteiger partial charge in [0.2, 0.25) is 0 Å². The number of hydrogen-bond donors (Lipinski definition) is 1. The Hall–Kier alpha value is -0.830. The van der Waals surface area contributed by atoms with E-state index in [0.717, 1.165) is 10.6 Å². The van der Waals surface area contributed by atoms with Crippen molar-refractivity contribution in [2.24, 2.45) is 0 Å². The van der Waals surface area contributed by atoms with Crippen LogP contribution in [0.15, 0.2) is 23.1 Å². The van der Waals surface area contributed by atoms with Crippen LogP contribution in [-0.4, -0.2) is 17.5 Å². The molecule has 0 radical (unpaired) electrons. The summed E-state index contributed by atoms with van der Waals surface area (Å²) in [5.74, 6) is 0.974. The molecule has 1 aromatic carbocycles. The van der Waals surface area contributed by atoms with Gasteiger partial charge < -0.3 is 9.84 Å². The van der Waals surface area contributed by atoms with Gasteiger partial charge in [-0.2, -0.15) is 0 Å². The molecule has 0 unspecified atom stereocenters. The van der Waals surface area contributed by atoms with Gasteiger partial charge in [0.05, 0.1) is 6.10 Å². The summed E-state index contributed by atoms with van der Waals surface area (Å²) < 4.78 is 5.46. The summed E-state index contributed by atoms with van der Waals surface area (Å²) in [6, 6.07) is 5.27. The lowest BCUT2D eigenvalue weighted by Crippen LogP contribution is -2.05. The van der Waals surface area contributed by atoms with Crippen molar-refractivity contribution in [2.45, 2.75) is 24.8 Å². The molecule has 0 spiro atoms. The highest BCUT2D eigenvalue weighted by atomic mass is 32.2. The van der Waals surface area contributed by atoms with Crippen molar-refractivity contribution in [2.75, 3.05) is 6.26 Å². The number of hydrogen-bond acceptors (Lipinski definition) is 3. The summed E-state index contributed by atoms with van der Waals surface area (Å²) in [5, 5.41) is 9.34. The molecule has 0 aliphatic rings. The van der Waals surface area contributed by atoms with Crippen LogP contribution < -0.4 is 4.74 Å².